The maximum Gasteiger partial charge on any atom is 0.240 e. The lowest BCUT2D eigenvalue weighted by Gasteiger charge is -2.21. The first-order chi connectivity index (χ1) is 8.88. The predicted molar refractivity (Wildman–Crippen MR) is 74.3 cm³/mol. The molecule has 5 N–H and O–H groups in total. The van der Waals surface area contributed by atoms with E-state index in [0.717, 1.165) is 25.1 Å². The summed E-state index contributed by atoms with van der Waals surface area (Å²) in [6.45, 7) is 2.82. The minimum Gasteiger partial charge on any atom is -0.398 e. The molecule has 0 aliphatic carbocycles. The van der Waals surface area contributed by atoms with Crippen LogP contribution in [0.4, 0.5) is 11.4 Å². The number of nitrogen functional groups attached to an aromatic ring is 1. The summed E-state index contributed by atoms with van der Waals surface area (Å²) in [6, 6.07) is 4.78. The van der Waals surface area contributed by atoms with Gasteiger partial charge in [-0.1, -0.05) is 0 Å². The Labute approximate surface area is 113 Å². The van der Waals surface area contributed by atoms with Gasteiger partial charge in [0.05, 0.1) is 11.8 Å². The molecule has 0 radical (unpaired) electrons. The fourth-order valence-corrected chi connectivity index (χ4v) is 2.90. The van der Waals surface area contributed by atoms with Gasteiger partial charge in [0.15, 0.2) is 0 Å². The zero-order chi connectivity index (χ0) is 14.0. The molecule has 1 aliphatic heterocycles. The topological polar surface area (TPSA) is 107 Å². The maximum absolute atomic E-state index is 11.3. The molecule has 1 heterocycles. The van der Waals surface area contributed by atoms with Crippen molar-refractivity contribution in [2.24, 2.45) is 5.14 Å². The van der Waals surface area contributed by atoms with Crippen LogP contribution >= 0.6 is 0 Å². The smallest absolute Gasteiger partial charge is 0.240 e. The number of nitrogens with one attached hydrogen (secondary N) is 1. The second kappa shape index (κ2) is 5.36. The molecule has 6 nitrogen and oxygen atoms in total. The normalized spacial score (nSPS) is 21.3. The molecule has 0 aromatic heterocycles. The summed E-state index contributed by atoms with van der Waals surface area (Å²) in [5.41, 5.74) is 6.61. The van der Waals surface area contributed by atoms with Crippen molar-refractivity contribution in [3.8, 4) is 0 Å². The Morgan fingerprint density at radius 2 is 2.21 bits per heavy atom. The lowest BCUT2D eigenvalue weighted by molar-refractivity contribution is 0.0996. The van der Waals surface area contributed by atoms with E-state index in [4.69, 9.17) is 15.6 Å². The Hall–Kier alpha value is -1.31. The number of nitrogens with two attached hydrogens (primary N) is 2. The first kappa shape index (κ1) is 14.1. The van der Waals surface area contributed by atoms with E-state index in [1.54, 1.807) is 12.1 Å². The van der Waals surface area contributed by atoms with Crippen LogP contribution in [0.25, 0.3) is 0 Å². The van der Waals surface area contributed by atoms with Crippen molar-refractivity contribution in [2.75, 3.05) is 17.7 Å². The minimum atomic E-state index is -3.77. The van der Waals surface area contributed by atoms with Crippen molar-refractivity contribution in [1.29, 1.82) is 0 Å². The molecular formula is C12H19N3O3S. The Kier molecular flexibility index (Phi) is 3.98. The van der Waals surface area contributed by atoms with E-state index in [0.29, 0.717) is 0 Å². The Morgan fingerprint density at radius 1 is 1.47 bits per heavy atom. The lowest BCUT2D eigenvalue weighted by atomic mass is 10.1. The molecule has 1 aromatic rings. The molecule has 2 rings (SSSR count). The standard InChI is InChI=1S/C12H19N3O3S/c1-8(11-3-2-6-18-11)15-9-4-5-12(10(13)7-9)19(14,16)17/h4-5,7-8,11,15H,2-3,6,13H2,1H3,(H2,14,16,17). The Bertz CT molecular complexity index is 553. The summed E-state index contributed by atoms with van der Waals surface area (Å²) in [5, 5.41) is 8.32. The van der Waals surface area contributed by atoms with Gasteiger partial charge >= 0.3 is 0 Å². The SMILES string of the molecule is CC(Nc1ccc(S(N)(=O)=O)c(N)c1)C1CCCO1. The lowest BCUT2D eigenvalue weighted by Crippen LogP contribution is -2.30. The van der Waals surface area contributed by atoms with Crippen LogP contribution in [0, 0.1) is 0 Å². The fraction of sp³-hybridized carbons (Fsp3) is 0.500. The highest BCUT2D eigenvalue weighted by atomic mass is 32.2. The van der Waals surface area contributed by atoms with Crippen molar-refractivity contribution in [3.05, 3.63) is 18.2 Å². The van der Waals surface area contributed by atoms with E-state index >= 15 is 0 Å². The predicted octanol–water partition coefficient (Wildman–Crippen LogP) is 0.896. The summed E-state index contributed by atoms with van der Waals surface area (Å²) in [5.74, 6) is 0. The van der Waals surface area contributed by atoms with Crippen LogP contribution in [0.5, 0.6) is 0 Å². The van der Waals surface area contributed by atoms with Crippen LogP contribution < -0.4 is 16.2 Å². The molecule has 1 aliphatic rings. The van der Waals surface area contributed by atoms with Gasteiger partial charge < -0.3 is 15.8 Å². The fourth-order valence-electron chi connectivity index (χ4n) is 2.25. The number of anilines is 2. The number of ether oxygens (including phenoxy) is 1. The average Bonchev–Trinajstić information content (AvgIpc) is 2.80. The number of sulfonamides is 1. The number of primary sulfonamides is 1. The van der Waals surface area contributed by atoms with Gasteiger partial charge in [0.25, 0.3) is 0 Å². The zero-order valence-corrected chi connectivity index (χ0v) is 11.6. The highest BCUT2D eigenvalue weighted by Crippen LogP contribution is 2.24. The summed E-state index contributed by atoms with van der Waals surface area (Å²) in [4.78, 5) is -0.0529. The van der Waals surface area contributed by atoms with E-state index in [1.165, 1.54) is 6.07 Å². The molecule has 2 unspecified atom stereocenters. The average molecular weight is 285 g/mol. The second-order valence-electron chi connectivity index (χ2n) is 4.78. The van der Waals surface area contributed by atoms with Gasteiger partial charge in [-0.25, -0.2) is 13.6 Å². The van der Waals surface area contributed by atoms with Gasteiger partial charge in [0.2, 0.25) is 10.0 Å². The van der Waals surface area contributed by atoms with Gasteiger partial charge in [0.1, 0.15) is 4.90 Å². The Morgan fingerprint density at radius 3 is 2.74 bits per heavy atom. The molecule has 19 heavy (non-hydrogen) atoms. The number of benzene rings is 1. The van der Waals surface area contributed by atoms with E-state index in [-0.39, 0.29) is 22.7 Å². The molecule has 7 heteroatoms. The van der Waals surface area contributed by atoms with Crippen LogP contribution in [0.1, 0.15) is 19.8 Å². The van der Waals surface area contributed by atoms with Crippen LogP contribution in [0.3, 0.4) is 0 Å². The molecule has 0 amide bonds. The largest absolute Gasteiger partial charge is 0.398 e. The third-order valence-electron chi connectivity index (χ3n) is 3.23. The van der Waals surface area contributed by atoms with Crippen molar-refractivity contribution < 1.29 is 13.2 Å². The minimum absolute atomic E-state index is 0.0529. The summed E-state index contributed by atoms with van der Waals surface area (Å²) in [7, 11) is -3.77. The molecule has 2 atom stereocenters. The van der Waals surface area contributed by atoms with Gasteiger partial charge in [-0.05, 0) is 38.0 Å². The molecular weight excluding hydrogens is 266 g/mol. The van der Waals surface area contributed by atoms with E-state index < -0.39 is 10.0 Å². The third-order valence-corrected chi connectivity index (χ3v) is 4.22. The van der Waals surface area contributed by atoms with Crippen molar-refractivity contribution in [1.82, 2.24) is 0 Å². The molecule has 1 fully saturated rings. The van der Waals surface area contributed by atoms with Crippen LogP contribution in [0.2, 0.25) is 0 Å². The first-order valence-corrected chi connectivity index (χ1v) is 7.73. The van der Waals surface area contributed by atoms with Crippen molar-refractivity contribution in [3.63, 3.8) is 0 Å². The quantitative estimate of drug-likeness (QED) is 0.712. The summed E-state index contributed by atoms with van der Waals surface area (Å²) >= 11 is 0. The summed E-state index contributed by atoms with van der Waals surface area (Å²) < 4.78 is 28.1. The van der Waals surface area contributed by atoms with E-state index in [9.17, 15) is 8.42 Å². The Balaban J connectivity index is 2.12. The zero-order valence-electron chi connectivity index (χ0n) is 10.8. The maximum atomic E-state index is 11.3. The molecule has 0 saturated carbocycles. The molecule has 0 bridgehead atoms. The van der Waals surface area contributed by atoms with Gasteiger partial charge in [-0.2, -0.15) is 0 Å². The van der Waals surface area contributed by atoms with Crippen LogP contribution in [-0.4, -0.2) is 27.2 Å². The van der Waals surface area contributed by atoms with Gasteiger partial charge in [-0.3, -0.25) is 0 Å². The monoisotopic (exact) mass is 285 g/mol. The van der Waals surface area contributed by atoms with Crippen LogP contribution in [-0.2, 0) is 14.8 Å². The third kappa shape index (κ3) is 3.37. The van der Waals surface area contributed by atoms with E-state index in [2.05, 4.69) is 5.32 Å². The van der Waals surface area contributed by atoms with Gasteiger partial charge in [-0.15, -0.1) is 0 Å². The highest BCUT2D eigenvalue weighted by Gasteiger charge is 2.22. The van der Waals surface area contributed by atoms with E-state index in [1.807, 2.05) is 6.92 Å². The molecule has 1 aromatic carbocycles. The van der Waals surface area contributed by atoms with Crippen molar-refractivity contribution in [2.45, 2.75) is 36.8 Å². The molecule has 1 saturated heterocycles. The van der Waals surface area contributed by atoms with Crippen molar-refractivity contribution >= 4 is 21.4 Å². The van der Waals surface area contributed by atoms with Crippen LogP contribution in [0.15, 0.2) is 23.1 Å². The summed E-state index contributed by atoms with van der Waals surface area (Å²) in [6.07, 6.45) is 2.28. The molecule has 0 spiro atoms. The number of hydrogen-bond acceptors (Lipinski definition) is 5. The first-order valence-electron chi connectivity index (χ1n) is 6.18. The number of rotatable bonds is 4. The van der Waals surface area contributed by atoms with Gasteiger partial charge in [0, 0.05) is 18.3 Å². The number of hydrogen-bond donors (Lipinski definition) is 3. The highest BCUT2D eigenvalue weighted by molar-refractivity contribution is 7.89. The molecule has 106 valence electrons. The second-order valence-corrected chi connectivity index (χ2v) is 6.31.